The number of fused-ring (bicyclic) bond motifs is 1. The second-order valence-corrected chi connectivity index (χ2v) is 9.46. The molecule has 1 aromatic heterocycles. The summed E-state index contributed by atoms with van der Waals surface area (Å²) in [5.74, 6) is 0.282. The van der Waals surface area contributed by atoms with E-state index in [4.69, 9.17) is 0 Å². The molecule has 0 bridgehead atoms. The zero-order valence-electron chi connectivity index (χ0n) is 18.4. The lowest BCUT2D eigenvalue weighted by atomic mass is 10.1. The fourth-order valence-electron chi connectivity index (χ4n) is 3.56. The number of amides is 1. The van der Waals surface area contributed by atoms with E-state index >= 15 is 0 Å². The topological polar surface area (TPSA) is 95.2 Å². The first-order valence-corrected chi connectivity index (χ1v) is 12.1. The fourth-order valence-corrected chi connectivity index (χ4v) is 4.94. The highest BCUT2D eigenvalue weighted by molar-refractivity contribution is 7.89. The van der Waals surface area contributed by atoms with Crippen LogP contribution in [0, 0.1) is 0 Å². The molecule has 0 unspecified atom stereocenters. The highest BCUT2D eigenvalue weighted by atomic mass is 32.2. The first kappa shape index (κ1) is 23.2. The number of hydrogen-bond donors (Lipinski definition) is 2. The quantitative estimate of drug-likeness (QED) is 0.341. The van der Waals surface area contributed by atoms with Gasteiger partial charge in [-0.1, -0.05) is 36.4 Å². The normalized spacial score (nSPS) is 11.4. The molecule has 0 saturated heterocycles. The summed E-state index contributed by atoms with van der Waals surface area (Å²) >= 11 is 0. The molecule has 0 saturated carbocycles. The van der Waals surface area contributed by atoms with Crippen molar-refractivity contribution in [2.24, 2.45) is 0 Å². The van der Waals surface area contributed by atoms with Crippen molar-refractivity contribution < 1.29 is 13.2 Å². The van der Waals surface area contributed by atoms with E-state index in [0.29, 0.717) is 17.1 Å². The molecule has 0 aliphatic heterocycles. The van der Waals surface area contributed by atoms with Gasteiger partial charge in [0.25, 0.3) is 5.91 Å². The summed E-state index contributed by atoms with van der Waals surface area (Å²) in [5.41, 5.74) is 3.40. The Morgan fingerprint density at radius 1 is 0.941 bits per heavy atom. The Labute approximate surface area is 198 Å². The maximum Gasteiger partial charge on any atom is 0.255 e. The van der Waals surface area contributed by atoms with E-state index in [1.807, 2.05) is 42.5 Å². The van der Waals surface area contributed by atoms with E-state index in [-0.39, 0.29) is 23.9 Å². The third kappa shape index (κ3) is 4.68. The van der Waals surface area contributed by atoms with Gasteiger partial charge in [-0.15, -0.1) is 13.2 Å². The van der Waals surface area contributed by atoms with Gasteiger partial charge in [-0.25, -0.2) is 13.4 Å². The Bertz CT molecular complexity index is 1410. The Morgan fingerprint density at radius 2 is 1.59 bits per heavy atom. The minimum atomic E-state index is -3.74. The summed E-state index contributed by atoms with van der Waals surface area (Å²) in [7, 11) is -3.74. The highest BCUT2D eigenvalue weighted by Gasteiger charge is 2.23. The van der Waals surface area contributed by atoms with Crippen molar-refractivity contribution in [1.82, 2.24) is 14.3 Å². The van der Waals surface area contributed by atoms with Gasteiger partial charge >= 0.3 is 0 Å². The van der Waals surface area contributed by atoms with Gasteiger partial charge in [-0.3, -0.25) is 4.79 Å². The van der Waals surface area contributed by atoms with E-state index in [9.17, 15) is 13.2 Å². The van der Waals surface area contributed by atoms with Crippen LogP contribution in [-0.2, 0) is 10.0 Å². The van der Waals surface area contributed by atoms with E-state index in [0.717, 1.165) is 16.6 Å². The van der Waals surface area contributed by atoms with Crippen LogP contribution in [0.5, 0.6) is 0 Å². The van der Waals surface area contributed by atoms with Gasteiger partial charge < -0.3 is 10.3 Å². The Kier molecular flexibility index (Phi) is 6.72. The zero-order valence-corrected chi connectivity index (χ0v) is 19.3. The SMILES string of the molecule is C=CCN(CC=C)S(=O)(=O)c1ccc(C(=O)Nc2ccccc2-c2nc3ccccc3[nH]2)cc1. The first-order chi connectivity index (χ1) is 16.4. The van der Waals surface area contributed by atoms with Crippen molar-refractivity contribution >= 4 is 32.7 Å². The lowest BCUT2D eigenvalue weighted by Gasteiger charge is -2.19. The number of carbonyl (C=O) groups excluding carboxylic acids is 1. The van der Waals surface area contributed by atoms with Crippen LogP contribution in [0.15, 0.2) is 103 Å². The van der Waals surface area contributed by atoms with Crippen LogP contribution in [0.1, 0.15) is 10.4 Å². The van der Waals surface area contributed by atoms with Crippen molar-refractivity contribution in [1.29, 1.82) is 0 Å². The number of carbonyl (C=O) groups is 1. The smallest absolute Gasteiger partial charge is 0.255 e. The van der Waals surface area contributed by atoms with Gasteiger partial charge in [0.15, 0.2) is 0 Å². The first-order valence-electron chi connectivity index (χ1n) is 10.6. The van der Waals surface area contributed by atoms with Crippen LogP contribution in [0.25, 0.3) is 22.4 Å². The fraction of sp³-hybridized carbons (Fsp3) is 0.0769. The lowest BCUT2D eigenvalue weighted by Crippen LogP contribution is -2.31. The summed E-state index contributed by atoms with van der Waals surface area (Å²) in [6, 6.07) is 20.9. The van der Waals surface area contributed by atoms with Crippen molar-refractivity contribution in [3.63, 3.8) is 0 Å². The summed E-state index contributed by atoms with van der Waals surface area (Å²) in [4.78, 5) is 20.9. The summed E-state index contributed by atoms with van der Waals surface area (Å²) < 4.78 is 27.0. The highest BCUT2D eigenvalue weighted by Crippen LogP contribution is 2.28. The second-order valence-electron chi connectivity index (χ2n) is 7.53. The minimum absolute atomic E-state index is 0.0930. The second kappa shape index (κ2) is 9.86. The standard InChI is InChI=1S/C26H24N4O3S/c1-3-17-30(18-4-2)34(32,33)20-15-13-19(14-16-20)26(31)29-22-10-6-5-9-21(22)25-27-23-11-7-8-12-24(23)28-25/h3-16H,1-2,17-18H2,(H,27,28)(H,29,31). The van der Waals surface area contributed by atoms with E-state index in [1.165, 1.54) is 40.7 Å². The molecule has 8 heteroatoms. The van der Waals surface area contributed by atoms with Crippen LogP contribution in [0.2, 0.25) is 0 Å². The molecule has 1 amide bonds. The van der Waals surface area contributed by atoms with Crippen molar-refractivity contribution in [2.75, 3.05) is 18.4 Å². The number of aromatic nitrogens is 2. The molecule has 7 nitrogen and oxygen atoms in total. The molecule has 0 radical (unpaired) electrons. The van der Waals surface area contributed by atoms with Crippen LogP contribution in [0.4, 0.5) is 5.69 Å². The number of rotatable bonds is 9. The number of benzene rings is 3. The predicted molar refractivity (Wildman–Crippen MR) is 135 cm³/mol. The van der Waals surface area contributed by atoms with E-state index < -0.39 is 10.0 Å². The molecular weight excluding hydrogens is 448 g/mol. The third-order valence-electron chi connectivity index (χ3n) is 5.24. The molecule has 172 valence electrons. The molecule has 4 aromatic rings. The minimum Gasteiger partial charge on any atom is -0.338 e. The Morgan fingerprint density at radius 3 is 2.26 bits per heavy atom. The number of aromatic amines is 1. The molecule has 2 N–H and O–H groups in total. The van der Waals surface area contributed by atoms with Gasteiger partial charge in [0.1, 0.15) is 5.82 Å². The number of anilines is 1. The summed E-state index contributed by atoms with van der Waals surface area (Å²) in [6.07, 6.45) is 3.03. The maximum atomic E-state index is 12.9. The van der Waals surface area contributed by atoms with Gasteiger partial charge in [0, 0.05) is 24.2 Å². The Balaban J connectivity index is 1.57. The van der Waals surface area contributed by atoms with Gasteiger partial charge in [-0.2, -0.15) is 4.31 Å². The van der Waals surface area contributed by atoms with Crippen LogP contribution < -0.4 is 5.32 Å². The van der Waals surface area contributed by atoms with Gasteiger partial charge in [0.05, 0.1) is 21.6 Å². The van der Waals surface area contributed by atoms with Crippen molar-refractivity contribution in [2.45, 2.75) is 4.90 Å². The summed E-state index contributed by atoms with van der Waals surface area (Å²) in [6.45, 7) is 7.54. The van der Waals surface area contributed by atoms with E-state index in [1.54, 1.807) is 6.07 Å². The predicted octanol–water partition coefficient (Wildman–Crippen LogP) is 4.84. The van der Waals surface area contributed by atoms with Gasteiger partial charge in [-0.05, 0) is 48.5 Å². The number of sulfonamides is 1. The molecule has 0 aliphatic rings. The third-order valence-corrected chi connectivity index (χ3v) is 7.09. The molecule has 4 rings (SSSR count). The average molecular weight is 473 g/mol. The van der Waals surface area contributed by atoms with Crippen molar-refractivity contribution in [3.05, 3.63) is 104 Å². The molecule has 1 heterocycles. The number of nitrogens with one attached hydrogen (secondary N) is 2. The largest absolute Gasteiger partial charge is 0.338 e. The summed E-state index contributed by atoms with van der Waals surface area (Å²) in [5, 5.41) is 2.91. The van der Waals surface area contributed by atoms with Crippen LogP contribution >= 0.6 is 0 Å². The number of nitrogens with zero attached hydrogens (tertiary/aromatic N) is 2. The Hall–Kier alpha value is -4.01. The molecule has 34 heavy (non-hydrogen) atoms. The molecule has 0 aliphatic carbocycles. The number of hydrogen-bond acceptors (Lipinski definition) is 4. The molecular formula is C26H24N4O3S. The van der Waals surface area contributed by atoms with E-state index in [2.05, 4.69) is 28.4 Å². The van der Waals surface area contributed by atoms with Crippen LogP contribution in [0.3, 0.4) is 0 Å². The lowest BCUT2D eigenvalue weighted by molar-refractivity contribution is 0.102. The molecule has 0 spiro atoms. The average Bonchev–Trinajstić information content (AvgIpc) is 3.28. The number of para-hydroxylation sites is 3. The molecule has 0 fully saturated rings. The molecule has 3 aromatic carbocycles. The maximum absolute atomic E-state index is 12.9. The van der Waals surface area contributed by atoms with Crippen LogP contribution in [-0.4, -0.2) is 41.7 Å². The number of H-pyrrole nitrogens is 1. The monoisotopic (exact) mass is 472 g/mol. The number of imidazole rings is 1. The zero-order chi connectivity index (χ0) is 24.1. The van der Waals surface area contributed by atoms with Gasteiger partial charge in [0.2, 0.25) is 10.0 Å². The molecule has 0 atom stereocenters. The van der Waals surface area contributed by atoms with Crippen molar-refractivity contribution in [3.8, 4) is 11.4 Å².